The third kappa shape index (κ3) is 4.94. The smallest absolute Gasteiger partial charge is 0.270 e. The van der Waals surface area contributed by atoms with E-state index >= 15 is 0 Å². The summed E-state index contributed by atoms with van der Waals surface area (Å²) in [5.74, 6) is 0.746. The van der Waals surface area contributed by atoms with E-state index in [2.05, 4.69) is 10.3 Å². The minimum atomic E-state index is -0.880. The molecule has 3 N–H and O–H groups in total. The maximum atomic E-state index is 13.3. The number of nitrogens with one attached hydrogen (secondary N) is 1. The number of hydrogen-bond donors (Lipinski definition) is 2. The van der Waals surface area contributed by atoms with Crippen molar-refractivity contribution in [2.45, 2.75) is 25.4 Å². The molecule has 2 heterocycles. The molecule has 0 bridgehead atoms. The van der Waals surface area contributed by atoms with Crippen molar-refractivity contribution in [2.24, 2.45) is 0 Å². The molecule has 4 aromatic rings. The van der Waals surface area contributed by atoms with Crippen molar-refractivity contribution in [1.29, 1.82) is 0 Å². The Labute approximate surface area is 203 Å². The second-order valence-corrected chi connectivity index (χ2v) is 8.53. The average Bonchev–Trinajstić information content (AvgIpc) is 2.89. The Kier molecular flexibility index (Phi) is 6.30. The normalized spacial score (nSPS) is 14.5. The highest BCUT2D eigenvalue weighted by atomic mass is 16.5. The summed E-state index contributed by atoms with van der Waals surface area (Å²) < 4.78 is 6.18. The van der Waals surface area contributed by atoms with Gasteiger partial charge in [-0.25, -0.2) is 4.98 Å². The zero-order valence-electron chi connectivity index (χ0n) is 19.2. The number of anilines is 3. The van der Waals surface area contributed by atoms with E-state index in [0.29, 0.717) is 23.7 Å². The van der Waals surface area contributed by atoms with Gasteiger partial charge < -0.3 is 20.7 Å². The van der Waals surface area contributed by atoms with Crippen molar-refractivity contribution in [1.82, 2.24) is 4.98 Å². The lowest BCUT2D eigenvalue weighted by Crippen LogP contribution is -2.35. The number of nitrogens with two attached hydrogens (primary N) is 1. The lowest BCUT2D eigenvalue weighted by atomic mass is 10.1. The number of aromatic nitrogens is 1. The quantitative estimate of drug-likeness (QED) is 0.412. The van der Waals surface area contributed by atoms with Crippen LogP contribution in [0, 0.1) is 0 Å². The first kappa shape index (κ1) is 22.4. The Morgan fingerprint density at radius 2 is 1.80 bits per heavy atom. The number of rotatable bonds is 6. The minimum Gasteiger partial charge on any atom is -0.476 e. The lowest BCUT2D eigenvalue weighted by Gasteiger charge is -2.27. The fourth-order valence-corrected chi connectivity index (χ4v) is 4.29. The molecule has 1 saturated heterocycles. The summed E-state index contributed by atoms with van der Waals surface area (Å²) in [6, 6.07) is 24.0. The van der Waals surface area contributed by atoms with Crippen LogP contribution in [0.5, 0.6) is 5.75 Å². The number of amides is 2. The van der Waals surface area contributed by atoms with Gasteiger partial charge in [-0.1, -0.05) is 36.4 Å². The van der Waals surface area contributed by atoms with Crippen molar-refractivity contribution in [2.75, 3.05) is 22.5 Å². The topological polar surface area (TPSA) is 97.6 Å². The average molecular weight is 467 g/mol. The van der Waals surface area contributed by atoms with Gasteiger partial charge in [-0.2, -0.15) is 0 Å². The van der Waals surface area contributed by atoms with Crippen molar-refractivity contribution in [3.63, 3.8) is 0 Å². The second-order valence-electron chi connectivity index (χ2n) is 8.53. The van der Waals surface area contributed by atoms with Crippen LogP contribution in [-0.4, -0.2) is 23.3 Å². The van der Waals surface area contributed by atoms with E-state index in [1.807, 2.05) is 60.7 Å². The molecule has 35 heavy (non-hydrogen) atoms. The Morgan fingerprint density at radius 1 is 1.00 bits per heavy atom. The first-order valence-electron chi connectivity index (χ1n) is 11.7. The number of carbonyl (C=O) groups excluding carboxylic acids is 2. The number of nitrogens with zero attached hydrogens (tertiary/aromatic N) is 2. The zero-order valence-corrected chi connectivity index (χ0v) is 19.2. The number of benzene rings is 3. The largest absolute Gasteiger partial charge is 0.476 e. The van der Waals surface area contributed by atoms with Crippen LogP contribution in [0.25, 0.3) is 10.8 Å². The molecule has 1 aliphatic heterocycles. The van der Waals surface area contributed by atoms with E-state index in [0.717, 1.165) is 41.4 Å². The zero-order chi connectivity index (χ0) is 24.2. The molecule has 0 radical (unpaired) electrons. The number of hydrogen-bond acceptors (Lipinski definition) is 5. The number of nitrogen functional groups attached to an aromatic ring is 1. The fourth-order valence-electron chi connectivity index (χ4n) is 4.29. The number of pyridine rings is 1. The summed E-state index contributed by atoms with van der Waals surface area (Å²) in [6.45, 7) is 0.722. The van der Waals surface area contributed by atoms with Gasteiger partial charge in [-0.15, -0.1) is 0 Å². The fraction of sp³-hybridized carbons (Fsp3) is 0.179. The van der Waals surface area contributed by atoms with Gasteiger partial charge >= 0.3 is 0 Å². The van der Waals surface area contributed by atoms with Crippen LogP contribution in [0.2, 0.25) is 0 Å². The Balaban J connectivity index is 1.37. The molecule has 1 unspecified atom stereocenters. The highest BCUT2D eigenvalue weighted by Crippen LogP contribution is 2.29. The van der Waals surface area contributed by atoms with E-state index in [4.69, 9.17) is 10.5 Å². The van der Waals surface area contributed by atoms with Crippen LogP contribution in [0.4, 0.5) is 17.2 Å². The van der Waals surface area contributed by atoms with Gasteiger partial charge in [-0.05, 0) is 60.7 Å². The summed E-state index contributed by atoms with van der Waals surface area (Å²) in [6.07, 6.45) is 3.28. The summed E-state index contributed by atoms with van der Waals surface area (Å²) >= 11 is 0. The van der Waals surface area contributed by atoms with E-state index in [9.17, 15) is 9.59 Å². The van der Waals surface area contributed by atoms with Crippen LogP contribution < -0.4 is 20.7 Å². The van der Waals surface area contributed by atoms with Crippen LogP contribution in [0.1, 0.15) is 30.9 Å². The minimum absolute atomic E-state index is 0.136. The number of fused-ring (bicyclic) bond motifs is 1. The van der Waals surface area contributed by atoms with Gasteiger partial charge in [0, 0.05) is 41.5 Å². The SMILES string of the molecule is Nc1nccc2ccc(OC(C(=O)Nc3ccc(N4CCCCC4=O)cc3)c3ccccc3)cc12. The van der Waals surface area contributed by atoms with Crippen molar-refractivity contribution in [3.8, 4) is 5.75 Å². The molecular weight excluding hydrogens is 440 g/mol. The third-order valence-electron chi connectivity index (χ3n) is 6.13. The predicted octanol–water partition coefficient (Wildman–Crippen LogP) is 5.09. The van der Waals surface area contributed by atoms with Gasteiger partial charge in [-0.3, -0.25) is 9.59 Å². The van der Waals surface area contributed by atoms with Crippen molar-refractivity contribution >= 4 is 39.8 Å². The molecule has 1 fully saturated rings. The summed E-state index contributed by atoms with van der Waals surface area (Å²) in [7, 11) is 0. The van der Waals surface area contributed by atoms with Crippen LogP contribution >= 0.6 is 0 Å². The molecule has 1 aliphatic rings. The predicted molar refractivity (Wildman–Crippen MR) is 137 cm³/mol. The van der Waals surface area contributed by atoms with Crippen LogP contribution in [0.15, 0.2) is 85.1 Å². The molecule has 7 heteroatoms. The van der Waals surface area contributed by atoms with E-state index < -0.39 is 6.10 Å². The molecule has 0 saturated carbocycles. The standard InChI is InChI=1S/C28H26N4O3/c29-27-24-18-23(14-9-19(24)15-16-30-27)35-26(20-6-2-1-3-7-20)28(34)31-21-10-12-22(13-11-21)32-17-5-4-8-25(32)33/h1-3,6-7,9-16,18,26H,4-5,8,17H2,(H2,29,30)(H,31,34). The monoisotopic (exact) mass is 466 g/mol. The summed E-state index contributed by atoms with van der Waals surface area (Å²) in [5, 5.41) is 4.65. The van der Waals surface area contributed by atoms with E-state index in [1.165, 1.54) is 0 Å². The molecular formula is C28H26N4O3. The van der Waals surface area contributed by atoms with Gasteiger partial charge in [0.15, 0.2) is 0 Å². The number of carbonyl (C=O) groups is 2. The molecule has 7 nitrogen and oxygen atoms in total. The molecule has 5 rings (SSSR count). The van der Waals surface area contributed by atoms with E-state index in [-0.39, 0.29) is 11.8 Å². The molecule has 2 amide bonds. The highest BCUT2D eigenvalue weighted by molar-refractivity contribution is 5.97. The highest BCUT2D eigenvalue weighted by Gasteiger charge is 2.24. The molecule has 0 spiro atoms. The molecule has 176 valence electrons. The van der Waals surface area contributed by atoms with Gasteiger partial charge in [0.2, 0.25) is 12.0 Å². The van der Waals surface area contributed by atoms with Crippen LogP contribution in [0.3, 0.4) is 0 Å². The van der Waals surface area contributed by atoms with Crippen molar-refractivity contribution < 1.29 is 14.3 Å². The first-order chi connectivity index (χ1) is 17.1. The molecule has 3 aromatic carbocycles. The van der Waals surface area contributed by atoms with Gasteiger partial charge in [0.1, 0.15) is 11.6 Å². The Bertz CT molecular complexity index is 1360. The maximum absolute atomic E-state index is 13.3. The van der Waals surface area contributed by atoms with Crippen molar-refractivity contribution in [3.05, 3.63) is 90.6 Å². The lowest BCUT2D eigenvalue weighted by molar-refractivity contribution is -0.123. The molecule has 0 aliphatic carbocycles. The summed E-state index contributed by atoms with van der Waals surface area (Å²) in [4.78, 5) is 31.5. The van der Waals surface area contributed by atoms with Gasteiger partial charge in [0.05, 0.1) is 0 Å². The maximum Gasteiger partial charge on any atom is 0.270 e. The second kappa shape index (κ2) is 9.85. The summed E-state index contributed by atoms with van der Waals surface area (Å²) in [5.41, 5.74) is 8.22. The third-order valence-corrected chi connectivity index (χ3v) is 6.13. The van der Waals surface area contributed by atoms with Crippen LogP contribution in [-0.2, 0) is 9.59 Å². The Hall–Kier alpha value is -4.39. The number of ether oxygens (including phenoxy) is 1. The van der Waals surface area contributed by atoms with Gasteiger partial charge in [0.25, 0.3) is 5.91 Å². The Morgan fingerprint density at radius 3 is 2.57 bits per heavy atom. The van der Waals surface area contributed by atoms with E-state index in [1.54, 1.807) is 29.3 Å². The molecule has 1 atom stereocenters. The first-order valence-corrected chi connectivity index (χ1v) is 11.7. The molecule has 1 aromatic heterocycles. The number of piperidine rings is 1.